The zero-order chi connectivity index (χ0) is 29.4. The van der Waals surface area contributed by atoms with Crippen molar-refractivity contribution in [3.05, 3.63) is 83.1 Å². The number of aromatic nitrogens is 1. The Hall–Kier alpha value is -3.86. The zero-order valence-electron chi connectivity index (χ0n) is 23.2. The largest absolute Gasteiger partial charge is 0.494 e. The predicted molar refractivity (Wildman–Crippen MR) is 144 cm³/mol. The third kappa shape index (κ3) is 8.32. The Labute approximate surface area is 237 Å². The number of alkyl halides is 3. The lowest BCUT2D eigenvalue weighted by Crippen LogP contribution is -2.43. The quantitative estimate of drug-likeness (QED) is 0.272. The third-order valence-electron chi connectivity index (χ3n) is 6.76. The Morgan fingerprint density at radius 1 is 1.05 bits per heavy atom. The molecule has 0 bridgehead atoms. The summed E-state index contributed by atoms with van der Waals surface area (Å²) in [6.07, 6.45) is -1.84. The zero-order valence-corrected chi connectivity index (χ0v) is 23.2. The van der Waals surface area contributed by atoms with Crippen LogP contribution in [0.25, 0.3) is 0 Å². The first kappa shape index (κ1) is 30.1. The molecule has 0 spiro atoms. The van der Waals surface area contributed by atoms with Gasteiger partial charge >= 0.3 is 12.1 Å². The van der Waals surface area contributed by atoms with Gasteiger partial charge in [0.25, 0.3) is 5.91 Å². The van der Waals surface area contributed by atoms with E-state index in [0.29, 0.717) is 38.1 Å². The number of nitrogens with zero attached hydrogens (tertiary/aromatic N) is 3. The maximum absolute atomic E-state index is 13.3. The molecule has 2 aromatic carbocycles. The highest BCUT2D eigenvalue weighted by atomic mass is 19.4. The van der Waals surface area contributed by atoms with Crippen molar-refractivity contribution in [2.75, 3.05) is 26.3 Å². The van der Waals surface area contributed by atoms with Crippen LogP contribution in [-0.4, -0.2) is 53.0 Å². The number of oxazole rings is 1. The van der Waals surface area contributed by atoms with E-state index in [4.69, 9.17) is 13.9 Å². The van der Waals surface area contributed by atoms with Crippen LogP contribution in [0.2, 0.25) is 0 Å². The molecule has 41 heavy (non-hydrogen) atoms. The van der Waals surface area contributed by atoms with Crippen LogP contribution in [-0.2, 0) is 35.3 Å². The number of hydrogen-bond donors (Lipinski definition) is 0. The number of ether oxygens (including phenoxy) is 2. The predicted octanol–water partition coefficient (Wildman–Crippen LogP) is 5.71. The molecule has 1 unspecified atom stereocenters. The normalized spacial score (nSPS) is 15.7. The molecule has 1 fully saturated rings. The van der Waals surface area contributed by atoms with Gasteiger partial charge in [-0.3, -0.25) is 14.5 Å². The summed E-state index contributed by atoms with van der Waals surface area (Å²) < 4.78 is 56.2. The lowest BCUT2D eigenvalue weighted by Gasteiger charge is -2.30. The van der Waals surface area contributed by atoms with Gasteiger partial charge in [0.2, 0.25) is 5.89 Å². The number of hydrogen-bond acceptors (Lipinski definition) is 7. The van der Waals surface area contributed by atoms with E-state index in [1.54, 1.807) is 17.9 Å². The molecule has 0 saturated carbocycles. The van der Waals surface area contributed by atoms with Crippen LogP contribution < -0.4 is 4.74 Å². The molecular formula is C30H34F3N3O5. The maximum Gasteiger partial charge on any atom is 0.416 e. The summed E-state index contributed by atoms with van der Waals surface area (Å²) in [5.74, 6) is -0.0592. The molecule has 2 heterocycles. The van der Waals surface area contributed by atoms with Crippen molar-refractivity contribution >= 4 is 11.9 Å². The van der Waals surface area contributed by atoms with E-state index < -0.39 is 11.7 Å². The average Bonchev–Trinajstić information content (AvgIpc) is 3.42. The van der Waals surface area contributed by atoms with Gasteiger partial charge in [-0.05, 0) is 56.0 Å². The number of likely N-dealkylation sites (tertiary alicyclic amines) is 1. The summed E-state index contributed by atoms with van der Waals surface area (Å²) in [6.45, 7) is 5.93. The van der Waals surface area contributed by atoms with Crippen LogP contribution in [0, 0.1) is 5.92 Å². The minimum Gasteiger partial charge on any atom is -0.494 e. The van der Waals surface area contributed by atoms with E-state index in [2.05, 4.69) is 4.98 Å². The van der Waals surface area contributed by atoms with Crippen LogP contribution >= 0.6 is 0 Å². The number of amides is 1. The molecule has 220 valence electrons. The highest BCUT2D eigenvalue weighted by Crippen LogP contribution is 2.30. The second-order valence-corrected chi connectivity index (χ2v) is 9.89. The molecule has 4 rings (SSSR count). The molecule has 1 saturated heterocycles. The smallest absolute Gasteiger partial charge is 0.416 e. The molecule has 1 aliphatic rings. The Kier molecular flexibility index (Phi) is 10.0. The fourth-order valence-electron chi connectivity index (χ4n) is 4.84. The van der Waals surface area contributed by atoms with Crippen molar-refractivity contribution in [1.82, 2.24) is 14.8 Å². The van der Waals surface area contributed by atoms with Crippen molar-refractivity contribution in [1.29, 1.82) is 0 Å². The molecule has 1 amide bonds. The SMILES string of the molecule is CCOC(=O)C1CCCN(C(=O)c2coc(CN(Cc3ccc(OCC)cc3)Cc3cccc(C(F)(F)F)c3)n2)C1. The van der Waals surface area contributed by atoms with Gasteiger partial charge in [0.15, 0.2) is 5.69 Å². The number of esters is 1. The number of benzene rings is 2. The minimum absolute atomic E-state index is 0.115. The van der Waals surface area contributed by atoms with Gasteiger partial charge in [-0.15, -0.1) is 0 Å². The van der Waals surface area contributed by atoms with Crippen LogP contribution in [0.3, 0.4) is 0 Å². The molecule has 1 atom stereocenters. The summed E-state index contributed by atoms with van der Waals surface area (Å²) in [6, 6.07) is 12.7. The van der Waals surface area contributed by atoms with Gasteiger partial charge < -0.3 is 18.8 Å². The lowest BCUT2D eigenvalue weighted by atomic mass is 9.98. The van der Waals surface area contributed by atoms with Gasteiger partial charge in [-0.25, -0.2) is 4.98 Å². The van der Waals surface area contributed by atoms with Crippen molar-refractivity contribution in [3.63, 3.8) is 0 Å². The summed E-state index contributed by atoms with van der Waals surface area (Å²) in [5, 5.41) is 0. The van der Waals surface area contributed by atoms with Gasteiger partial charge in [0.05, 0.1) is 31.2 Å². The van der Waals surface area contributed by atoms with Crippen LogP contribution in [0.4, 0.5) is 13.2 Å². The lowest BCUT2D eigenvalue weighted by molar-refractivity contribution is -0.149. The molecule has 1 aliphatic heterocycles. The fraction of sp³-hybridized carbons (Fsp3) is 0.433. The van der Waals surface area contributed by atoms with Gasteiger partial charge in [0, 0.05) is 26.2 Å². The van der Waals surface area contributed by atoms with Crippen LogP contribution in [0.15, 0.2) is 59.2 Å². The first-order chi connectivity index (χ1) is 19.7. The second kappa shape index (κ2) is 13.7. The minimum atomic E-state index is -4.45. The molecule has 0 radical (unpaired) electrons. The number of halogens is 3. The second-order valence-electron chi connectivity index (χ2n) is 9.89. The Bertz CT molecular complexity index is 1310. The number of carbonyl (C=O) groups excluding carboxylic acids is 2. The molecule has 0 aliphatic carbocycles. The standard InChI is InChI=1S/C30H34F3N3O5/c1-3-39-25-12-10-21(11-13-25)16-35(17-22-7-5-9-24(15-22)30(31,32)33)19-27-34-26(20-41-27)28(37)36-14-6-8-23(18-36)29(38)40-4-2/h5,7,9-13,15,20,23H,3-4,6,8,14,16-19H2,1-2H3. The van der Waals surface area contributed by atoms with E-state index in [0.717, 1.165) is 23.4 Å². The summed E-state index contributed by atoms with van der Waals surface area (Å²) in [7, 11) is 0. The van der Waals surface area contributed by atoms with Crippen LogP contribution in [0.5, 0.6) is 5.75 Å². The van der Waals surface area contributed by atoms with Gasteiger partial charge in [-0.1, -0.05) is 30.3 Å². The number of rotatable bonds is 11. The first-order valence-electron chi connectivity index (χ1n) is 13.7. The van der Waals surface area contributed by atoms with Gasteiger partial charge in [0.1, 0.15) is 12.0 Å². The Morgan fingerprint density at radius 3 is 2.51 bits per heavy atom. The van der Waals surface area contributed by atoms with Crippen molar-refractivity contribution in [2.24, 2.45) is 5.92 Å². The van der Waals surface area contributed by atoms with Gasteiger partial charge in [-0.2, -0.15) is 13.2 Å². The molecule has 3 aromatic rings. The van der Waals surface area contributed by atoms with E-state index >= 15 is 0 Å². The number of piperidine rings is 1. The van der Waals surface area contributed by atoms with Crippen molar-refractivity contribution in [3.8, 4) is 5.75 Å². The van der Waals surface area contributed by atoms with Crippen LogP contribution in [0.1, 0.15) is 59.8 Å². The first-order valence-corrected chi connectivity index (χ1v) is 13.7. The summed E-state index contributed by atoms with van der Waals surface area (Å²) >= 11 is 0. The molecule has 0 N–H and O–H groups in total. The highest BCUT2D eigenvalue weighted by Gasteiger charge is 2.32. The Balaban J connectivity index is 1.49. The molecule has 8 nitrogen and oxygen atoms in total. The molecule has 1 aromatic heterocycles. The van der Waals surface area contributed by atoms with E-state index in [1.807, 2.05) is 36.1 Å². The summed E-state index contributed by atoms with van der Waals surface area (Å²) in [4.78, 5) is 33.2. The Morgan fingerprint density at radius 2 is 1.80 bits per heavy atom. The monoisotopic (exact) mass is 573 g/mol. The number of carbonyl (C=O) groups is 2. The maximum atomic E-state index is 13.3. The highest BCUT2D eigenvalue weighted by molar-refractivity contribution is 5.92. The average molecular weight is 574 g/mol. The third-order valence-corrected chi connectivity index (χ3v) is 6.76. The molecular weight excluding hydrogens is 539 g/mol. The fourth-order valence-corrected chi connectivity index (χ4v) is 4.84. The van der Waals surface area contributed by atoms with Crippen molar-refractivity contribution < 1.29 is 36.7 Å². The molecule has 11 heteroatoms. The van der Waals surface area contributed by atoms with Crippen molar-refractivity contribution in [2.45, 2.75) is 52.5 Å². The van der Waals surface area contributed by atoms with E-state index in [9.17, 15) is 22.8 Å². The van der Waals surface area contributed by atoms with E-state index in [-0.39, 0.29) is 55.6 Å². The van der Waals surface area contributed by atoms with E-state index in [1.165, 1.54) is 12.3 Å². The summed E-state index contributed by atoms with van der Waals surface area (Å²) in [5.41, 5.74) is 0.792. The topological polar surface area (TPSA) is 85.1 Å².